The number of aromatic nitrogens is 7. The molecule has 0 spiro atoms. The van der Waals surface area contributed by atoms with Gasteiger partial charge < -0.3 is 24.4 Å². The van der Waals surface area contributed by atoms with Gasteiger partial charge in [-0.1, -0.05) is 35.5 Å². The van der Waals surface area contributed by atoms with Crippen LogP contribution in [0.5, 0.6) is 0 Å². The average Bonchev–Trinajstić information content (AvgIpc) is 3.84. The summed E-state index contributed by atoms with van der Waals surface area (Å²) in [4.78, 5) is 4.55. The van der Waals surface area contributed by atoms with Gasteiger partial charge in [-0.2, -0.15) is 0 Å². The van der Waals surface area contributed by atoms with Gasteiger partial charge in [0.05, 0.1) is 33.7 Å². The van der Waals surface area contributed by atoms with Gasteiger partial charge in [0, 0.05) is 11.1 Å². The standard InChI is InChI=1S/C34H30F3N7O5S/c1-16-38-22-10-9-19(13-25(22)50-16)44-31(40-41-33(44)34(2,3)46)30-28(45)27(29-24(48-30)15-47-32(49-29)17-7-5-4-6-8-17)43-14-23(39-42-43)18-11-20(35)26(37)21(36)12-18/h4-14,24,27-30,32,45-46H,15H2,1-3H3/t24-,27-,28-,29+,30-,32+/m1/s1. The Labute approximate surface area is 286 Å². The highest BCUT2D eigenvalue weighted by atomic mass is 32.1. The molecule has 0 amide bonds. The van der Waals surface area contributed by atoms with Crippen molar-refractivity contribution in [1.29, 1.82) is 0 Å². The van der Waals surface area contributed by atoms with Crippen molar-refractivity contribution < 1.29 is 37.6 Å². The second-order valence-corrected chi connectivity index (χ2v) is 14.0. The summed E-state index contributed by atoms with van der Waals surface area (Å²) in [6, 6.07) is 15.4. The maximum Gasteiger partial charge on any atom is 0.194 e. The molecule has 0 radical (unpaired) electrons. The molecule has 0 bridgehead atoms. The van der Waals surface area contributed by atoms with Crippen LogP contribution in [0.1, 0.15) is 54.5 Å². The Balaban J connectivity index is 1.23. The summed E-state index contributed by atoms with van der Waals surface area (Å²) in [5.41, 5.74) is 0.672. The number of aliphatic hydroxyl groups is 2. The van der Waals surface area contributed by atoms with E-state index in [1.807, 2.05) is 55.5 Å². The minimum absolute atomic E-state index is 0.0295. The van der Waals surface area contributed by atoms with Crippen LogP contribution in [0.4, 0.5) is 13.2 Å². The van der Waals surface area contributed by atoms with Crippen LogP contribution in [-0.2, 0) is 19.8 Å². The van der Waals surface area contributed by atoms with E-state index in [1.54, 1.807) is 18.4 Å². The van der Waals surface area contributed by atoms with Gasteiger partial charge in [0.2, 0.25) is 0 Å². The number of thiazole rings is 1. The monoisotopic (exact) mass is 705 g/mol. The van der Waals surface area contributed by atoms with E-state index in [1.165, 1.54) is 22.2 Å². The molecule has 5 heterocycles. The van der Waals surface area contributed by atoms with E-state index in [2.05, 4.69) is 25.5 Å². The van der Waals surface area contributed by atoms with E-state index in [-0.39, 0.29) is 29.5 Å². The Kier molecular flexibility index (Phi) is 8.04. The van der Waals surface area contributed by atoms with E-state index in [0.29, 0.717) is 5.69 Å². The molecule has 6 atom stereocenters. The molecular weight excluding hydrogens is 675 g/mol. The number of hydrogen-bond acceptors (Lipinski definition) is 11. The Morgan fingerprint density at radius 2 is 1.72 bits per heavy atom. The molecule has 8 rings (SSSR count). The van der Waals surface area contributed by atoms with Crippen LogP contribution in [0, 0.1) is 24.4 Å². The van der Waals surface area contributed by atoms with Gasteiger partial charge in [-0.3, -0.25) is 4.57 Å². The molecule has 2 fully saturated rings. The molecule has 0 unspecified atom stereocenters. The molecular formula is C34H30F3N7O5S. The van der Waals surface area contributed by atoms with E-state index in [0.717, 1.165) is 32.9 Å². The first-order chi connectivity index (χ1) is 24.0. The van der Waals surface area contributed by atoms with Gasteiger partial charge in [0.1, 0.15) is 41.8 Å². The number of fused-ring (bicyclic) bond motifs is 2. The normalized spacial score (nSPS) is 24.1. The van der Waals surface area contributed by atoms with Crippen LogP contribution >= 0.6 is 11.3 Å². The molecule has 12 nitrogen and oxygen atoms in total. The average molecular weight is 706 g/mol. The molecule has 2 aliphatic heterocycles. The molecule has 2 N–H and O–H groups in total. The predicted molar refractivity (Wildman–Crippen MR) is 173 cm³/mol. The second kappa shape index (κ2) is 12.3. The third-order valence-corrected chi connectivity index (χ3v) is 9.70. The topological polar surface area (TPSA) is 142 Å². The molecule has 16 heteroatoms. The van der Waals surface area contributed by atoms with Crippen molar-refractivity contribution in [1.82, 2.24) is 34.7 Å². The first kappa shape index (κ1) is 32.6. The van der Waals surface area contributed by atoms with Crippen molar-refractivity contribution in [2.45, 2.75) is 63.1 Å². The van der Waals surface area contributed by atoms with Gasteiger partial charge >= 0.3 is 0 Å². The fraction of sp³-hybridized carbons (Fsp3) is 0.324. The molecule has 258 valence electrons. The summed E-state index contributed by atoms with van der Waals surface area (Å²) in [6.45, 7) is 5.12. The maximum absolute atomic E-state index is 14.2. The Morgan fingerprint density at radius 3 is 2.46 bits per heavy atom. The SMILES string of the molecule is Cc1nc2ccc(-n3c([C@@H]4O[C@@H]5CO[C@H](c6ccccc6)O[C@@H]5[C@H](n5cc(-c6cc(F)c(F)c(F)c6)nn5)[C@H]4O)nnc3C(C)(C)O)cc2s1. The first-order valence-electron chi connectivity index (χ1n) is 15.7. The van der Waals surface area contributed by atoms with Gasteiger partial charge in [0.25, 0.3) is 0 Å². The molecule has 50 heavy (non-hydrogen) atoms. The minimum atomic E-state index is -1.60. The van der Waals surface area contributed by atoms with Crippen molar-refractivity contribution in [3.8, 4) is 16.9 Å². The zero-order chi connectivity index (χ0) is 34.9. The van der Waals surface area contributed by atoms with Crippen LogP contribution < -0.4 is 0 Å². The van der Waals surface area contributed by atoms with Crippen LogP contribution in [0.2, 0.25) is 0 Å². The lowest BCUT2D eigenvalue weighted by molar-refractivity contribution is -0.319. The van der Waals surface area contributed by atoms with E-state index in [4.69, 9.17) is 14.2 Å². The summed E-state index contributed by atoms with van der Waals surface area (Å²) in [5.74, 6) is -3.98. The molecule has 2 saturated heterocycles. The van der Waals surface area contributed by atoms with Crippen LogP contribution in [0.3, 0.4) is 0 Å². The number of nitrogens with zero attached hydrogens (tertiary/aromatic N) is 7. The lowest BCUT2D eigenvalue weighted by Crippen LogP contribution is -2.57. The fourth-order valence-corrected chi connectivity index (χ4v) is 7.33. The first-order valence-corrected chi connectivity index (χ1v) is 16.6. The number of ether oxygens (including phenoxy) is 3. The smallest absolute Gasteiger partial charge is 0.194 e. The molecule has 0 saturated carbocycles. The van der Waals surface area contributed by atoms with Crippen LogP contribution in [0.25, 0.3) is 27.2 Å². The Hall–Kier alpha value is -4.58. The van der Waals surface area contributed by atoms with E-state index < -0.39 is 59.8 Å². The molecule has 3 aromatic carbocycles. The zero-order valence-corrected chi connectivity index (χ0v) is 27.6. The number of aryl methyl sites for hydroxylation is 1. The van der Waals surface area contributed by atoms with Crippen molar-refractivity contribution >= 4 is 21.6 Å². The number of halogens is 3. The molecule has 6 aromatic rings. The number of hydrogen-bond donors (Lipinski definition) is 2. The maximum atomic E-state index is 14.2. The lowest BCUT2D eigenvalue weighted by Gasteiger charge is -2.47. The zero-order valence-electron chi connectivity index (χ0n) is 26.8. The predicted octanol–water partition coefficient (Wildman–Crippen LogP) is 5.24. The number of benzene rings is 3. The molecule has 0 aliphatic carbocycles. The lowest BCUT2D eigenvalue weighted by atomic mass is 9.91. The Bertz CT molecular complexity index is 2180. The van der Waals surface area contributed by atoms with Gasteiger partial charge in [-0.05, 0) is 51.1 Å². The van der Waals surface area contributed by atoms with Crippen molar-refractivity contribution in [3.63, 3.8) is 0 Å². The highest BCUT2D eigenvalue weighted by Crippen LogP contribution is 2.45. The summed E-state index contributed by atoms with van der Waals surface area (Å²) in [7, 11) is 0. The minimum Gasteiger partial charge on any atom is -0.388 e. The van der Waals surface area contributed by atoms with Crippen molar-refractivity contribution in [2.75, 3.05) is 6.61 Å². The highest BCUT2D eigenvalue weighted by Gasteiger charge is 2.53. The quantitative estimate of drug-likeness (QED) is 0.221. The Morgan fingerprint density at radius 1 is 0.960 bits per heavy atom. The summed E-state index contributed by atoms with van der Waals surface area (Å²) >= 11 is 1.50. The van der Waals surface area contributed by atoms with Gasteiger partial charge in [0.15, 0.2) is 35.4 Å². The third kappa shape index (κ3) is 5.67. The number of rotatable bonds is 6. The van der Waals surface area contributed by atoms with E-state index in [9.17, 15) is 23.4 Å². The van der Waals surface area contributed by atoms with Crippen LogP contribution in [-0.4, -0.2) is 69.9 Å². The summed E-state index contributed by atoms with van der Waals surface area (Å²) < 4.78 is 65.0. The fourth-order valence-electron chi connectivity index (χ4n) is 6.47. The molecule has 3 aromatic heterocycles. The van der Waals surface area contributed by atoms with E-state index >= 15 is 0 Å². The second-order valence-electron chi connectivity index (χ2n) is 12.8. The molecule has 2 aliphatic rings. The van der Waals surface area contributed by atoms with Crippen molar-refractivity contribution in [3.05, 3.63) is 107 Å². The summed E-state index contributed by atoms with van der Waals surface area (Å²) in [6.07, 6.45) is -3.65. The van der Waals surface area contributed by atoms with Crippen LogP contribution in [0.15, 0.2) is 66.9 Å². The third-order valence-electron chi connectivity index (χ3n) is 8.77. The van der Waals surface area contributed by atoms with Crippen molar-refractivity contribution in [2.24, 2.45) is 0 Å². The highest BCUT2D eigenvalue weighted by molar-refractivity contribution is 7.18. The largest absolute Gasteiger partial charge is 0.388 e. The van der Waals surface area contributed by atoms with Gasteiger partial charge in [-0.15, -0.1) is 26.6 Å². The summed E-state index contributed by atoms with van der Waals surface area (Å²) in [5, 5.41) is 41.4. The van der Waals surface area contributed by atoms with Gasteiger partial charge in [-0.25, -0.2) is 22.8 Å². The number of aliphatic hydroxyl groups excluding tert-OH is 1.